The summed E-state index contributed by atoms with van der Waals surface area (Å²) in [7, 11) is 0. The molecule has 4 N–H and O–H groups in total. The highest BCUT2D eigenvalue weighted by molar-refractivity contribution is 9.10. The van der Waals surface area contributed by atoms with Crippen LogP contribution in [0.2, 0.25) is 0 Å². The molecule has 1 aromatic rings. The molecule has 18 heavy (non-hydrogen) atoms. The Morgan fingerprint density at radius 3 is 2.94 bits per heavy atom. The molecular weight excluding hydrogens is 300 g/mol. The van der Waals surface area contributed by atoms with Crippen LogP contribution in [0.5, 0.6) is 0 Å². The van der Waals surface area contributed by atoms with Gasteiger partial charge in [-0.1, -0.05) is 15.9 Å². The molecule has 1 saturated heterocycles. The van der Waals surface area contributed by atoms with Crippen LogP contribution in [0.1, 0.15) is 16.8 Å². The van der Waals surface area contributed by atoms with E-state index in [4.69, 9.17) is 10.5 Å². The van der Waals surface area contributed by atoms with Crippen LogP contribution >= 0.6 is 15.9 Å². The van der Waals surface area contributed by atoms with E-state index < -0.39 is 5.60 Å². The van der Waals surface area contributed by atoms with Gasteiger partial charge in [-0.25, -0.2) is 0 Å². The normalized spacial score (nSPS) is 23.0. The number of ether oxygens (including phenoxy) is 1. The van der Waals surface area contributed by atoms with E-state index in [1.54, 1.807) is 18.2 Å². The van der Waals surface area contributed by atoms with Crippen molar-refractivity contribution in [3.63, 3.8) is 0 Å². The number of anilines is 1. The van der Waals surface area contributed by atoms with Gasteiger partial charge in [0.15, 0.2) is 0 Å². The maximum atomic E-state index is 11.9. The summed E-state index contributed by atoms with van der Waals surface area (Å²) in [6, 6.07) is 4.99. The van der Waals surface area contributed by atoms with Gasteiger partial charge in [0.05, 0.1) is 6.61 Å². The van der Waals surface area contributed by atoms with E-state index in [0.717, 1.165) is 4.47 Å². The third-order valence-corrected chi connectivity index (χ3v) is 3.30. The number of rotatable bonds is 3. The van der Waals surface area contributed by atoms with Crippen LogP contribution in [-0.4, -0.2) is 36.4 Å². The van der Waals surface area contributed by atoms with Gasteiger partial charge in [-0.3, -0.25) is 4.79 Å². The Hall–Kier alpha value is -1.11. The summed E-state index contributed by atoms with van der Waals surface area (Å²) in [5, 5.41) is 12.7. The second-order valence-corrected chi connectivity index (χ2v) is 5.40. The van der Waals surface area contributed by atoms with E-state index in [1.165, 1.54) is 0 Å². The molecule has 0 radical (unpaired) electrons. The molecule has 0 spiro atoms. The zero-order chi connectivity index (χ0) is 13.2. The molecule has 2 rings (SSSR count). The number of hydrogen-bond donors (Lipinski definition) is 3. The standard InChI is InChI=1S/C12H15BrN2O3/c13-9-3-8(4-10(14)5-9)11(16)15-6-12(17)1-2-18-7-12/h3-5,17H,1-2,6-7,14H2,(H,15,16). The summed E-state index contributed by atoms with van der Waals surface area (Å²) in [6.07, 6.45) is 0.536. The summed E-state index contributed by atoms with van der Waals surface area (Å²) < 4.78 is 5.85. The maximum Gasteiger partial charge on any atom is 0.251 e. The number of nitrogens with two attached hydrogens (primary N) is 1. The molecule has 98 valence electrons. The van der Waals surface area contributed by atoms with E-state index >= 15 is 0 Å². The van der Waals surface area contributed by atoms with Gasteiger partial charge >= 0.3 is 0 Å². The molecule has 1 fully saturated rings. The molecule has 6 heteroatoms. The fourth-order valence-corrected chi connectivity index (χ4v) is 2.34. The van der Waals surface area contributed by atoms with Gasteiger partial charge in [0.25, 0.3) is 5.91 Å². The van der Waals surface area contributed by atoms with Gasteiger partial charge in [0.1, 0.15) is 5.60 Å². The second kappa shape index (κ2) is 5.26. The van der Waals surface area contributed by atoms with E-state index in [1.807, 2.05) is 0 Å². The Bertz CT molecular complexity index is 438. The van der Waals surface area contributed by atoms with Crippen LogP contribution in [0.15, 0.2) is 22.7 Å². The third-order valence-electron chi connectivity index (χ3n) is 2.84. The van der Waals surface area contributed by atoms with Gasteiger partial charge < -0.3 is 20.9 Å². The van der Waals surface area contributed by atoms with E-state index in [-0.39, 0.29) is 19.1 Å². The van der Waals surface area contributed by atoms with Gasteiger partial charge in [-0.2, -0.15) is 0 Å². The molecule has 0 saturated carbocycles. The Balaban J connectivity index is 1.99. The summed E-state index contributed by atoms with van der Waals surface area (Å²) in [4.78, 5) is 11.9. The molecule has 5 nitrogen and oxygen atoms in total. The first-order valence-electron chi connectivity index (χ1n) is 5.63. The summed E-state index contributed by atoms with van der Waals surface area (Å²) in [5.41, 5.74) is 5.68. The molecular formula is C12H15BrN2O3. The van der Waals surface area contributed by atoms with Crippen LogP contribution < -0.4 is 11.1 Å². The van der Waals surface area contributed by atoms with Crippen molar-refractivity contribution >= 4 is 27.5 Å². The predicted octanol–water partition coefficient (Wildman–Crippen LogP) is 0.913. The number of nitrogen functional groups attached to an aromatic ring is 1. The average molecular weight is 315 g/mol. The zero-order valence-electron chi connectivity index (χ0n) is 9.78. The Morgan fingerprint density at radius 2 is 2.33 bits per heavy atom. The van der Waals surface area contributed by atoms with Crippen LogP contribution in [0.25, 0.3) is 0 Å². The van der Waals surface area contributed by atoms with E-state index in [9.17, 15) is 9.90 Å². The molecule has 1 amide bonds. The summed E-state index contributed by atoms with van der Waals surface area (Å²) in [5.74, 6) is -0.261. The number of carbonyl (C=O) groups is 1. The zero-order valence-corrected chi connectivity index (χ0v) is 11.4. The summed E-state index contributed by atoms with van der Waals surface area (Å²) >= 11 is 3.28. The lowest BCUT2D eigenvalue weighted by molar-refractivity contribution is 0.0264. The number of halogens is 1. The van der Waals surface area contributed by atoms with Crippen molar-refractivity contribution in [2.24, 2.45) is 0 Å². The highest BCUT2D eigenvalue weighted by atomic mass is 79.9. The van der Waals surface area contributed by atoms with Crippen molar-refractivity contribution in [1.29, 1.82) is 0 Å². The van der Waals surface area contributed by atoms with Gasteiger partial charge in [-0.15, -0.1) is 0 Å². The van der Waals surface area contributed by atoms with Gasteiger partial charge in [0, 0.05) is 35.3 Å². The minimum atomic E-state index is -0.951. The molecule has 1 unspecified atom stereocenters. The number of aliphatic hydroxyl groups is 1. The van der Waals surface area contributed by atoms with E-state index in [0.29, 0.717) is 24.3 Å². The number of hydrogen-bond acceptors (Lipinski definition) is 4. The highest BCUT2D eigenvalue weighted by Crippen LogP contribution is 2.19. The van der Waals surface area contributed by atoms with Crippen LogP contribution in [-0.2, 0) is 4.74 Å². The third kappa shape index (κ3) is 3.22. The van der Waals surface area contributed by atoms with Crippen molar-refractivity contribution in [2.45, 2.75) is 12.0 Å². The first kappa shape index (κ1) is 13.3. The van der Waals surface area contributed by atoms with Gasteiger partial charge in [0.2, 0.25) is 0 Å². The minimum Gasteiger partial charge on any atom is -0.399 e. The number of nitrogens with one attached hydrogen (secondary N) is 1. The highest BCUT2D eigenvalue weighted by Gasteiger charge is 2.32. The van der Waals surface area contributed by atoms with Crippen LogP contribution in [0.3, 0.4) is 0 Å². The smallest absolute Gasteiger partial charge is 0.251 e. The van der Waals surface area contributed by atoms with Crippen molar-refractivity contribution in [2.75, 3.05) is 25.5 Å². The lowest BCUT2D eigenvalue weighted by atomic mass is 10.0. The second-order valence-electron chi connectivity index (χ2n) is 4.48. The van der Waals surface area contributed by atoms with Crippen molar-refractivity contribution in [3.8, 4) is 0 Å². The fourth-order valence-electron chi connectivity index (χ4n) is 1.83. The molecule has 0 aromatic heterocycles. The number of carbonyl (C=O) groups excluding carboxylic acids is 1. The van der Waals surface area contributed by atoms with Crippen molar-refractivity contribution in [1.82, 2.24) is 5.32 Å². The molecule has 1 aromatic carbocycles. The number of benzene rings is 1. The van der Waals surface area contributed by atoms with Crippen LogP contribution in [0, 0.1) is 0 Å². The SMILES string of the molecule is Nc1cc(Br)cc(C(=O)NCC2(O)CCOC2)c1. The minimum absolute atomic E-state index is 0.179. The number of amides is 1. The molecule has 0 bridgehead atoms. The predicted molar refractivity (Wildman–Crippen MR) is 71.3 cm³/mol. The topological polar surface area (TPSA) is 84.6 Å². The Labute approximate surface area is 113 Å². The van der Waals surface area contributed by atoms with E-state index in [2.05, 4.69) is 21.2 Å². The van der Waals surface area contributed by atoms with Crippen molar-refractivity contribution < 1.29 is 14.6 Å². The molecule has 1 aliphatic rings. The molecule has 1 aliphatic heterocycles. The quantitative estimate of drug-likeness (QED) is 0.724. The lowest BCUT2D eigenvalue weighted by Crippen LogP contribution is -2.43. The largest absolute Gasteiger partial charge is 0.399 e. The summed E-state index contributed by atoms with van der Waals surface area (Å²) in [6.45, 7) is 0.961. The molecule has 0 aliphatic carbocycles. The Morgan fingerprint density at radius 1 is 1.56 bits per heavy atom. The van der Waals surface area contributed by atoms with Gasteiger partial charge in [-0.05, 0) is 18.2 Å². The van der Waals surface area contributed by atoms with Crippen LogP contribution in [0.4, 0.5) is 5.69 Å². The molecule has 1 atom stereocenters. The van der Waals surface area contributed by atoms with Crippen molar-refractivity contribution in [3.05, 3.63) is 28.2 Å². The fraction of sp³-hybridized carbons (Fsp3) is 0.417. The molecule has 1 heterocycles. The average Bonchev–Trinajstić information content (AvgIpc) is 2.72. The first-order valence-corrected chi connectivity index (χ1v) is 6.42. The maximum absolute atomic E-state index is 11.9. The lowest BCUT2D eigenvalue weighted by Gasteiger charge is -2.20. The Kier molecular flexibility index (Phi) is 3.89. The first-order chi connectivity index (χ1) is 8.48. The monoisotopic (exact) mass is 314 g/mol.